The molecule has 4 aromatic rings. The molecule has 1 fully saturated rings. The first-order valence-electron chi connectivity index (χ1n) is 12.3. The zero-order chi connectivity index (χ0) is 24.0. The van der Waals surface area contributed by atoms with Crippen molar-refractivity contribution in [3.8, 4) is 11.3 Å². The number of nitrogens with zero attached hydrogens (tertiary/aromatic N) is 3. The van der Waals surface area contributed by atoms with Crippen LogP contribution < -0.4 is 0 Å². The van der Waals surface area contributed by atoms with Crippen LogP contribution in [0.15, 0.2) is 84.4 Å². The molecule has 180 valence electrons. The minimum absolute atomic E-state index is 0.134. The molecular formula is C29H32N4OS. The lowest BCUT2D eigenvalue weighted by Gasteiger charge is -2.40. The van der Waals surface area contributed by atoms with Gasteiger partial charge in [0.25, 0.3) is 5.91 Å². The van der Waals surface area contributed by atoms with Gasteiger partial charge in [0.1, 0.15) is 0 Å². The fourth-order valence-corrected chi connectivity index (χ4v) is 5.93. The molecule has 6 heteroatoms. The van der Waals surface area contributed by atoms with Crippen LogP contribution in [0.4, 0.5) is 0 Å². The molecule has 2 aromatic heterocycles. The molecule has 2 aromatic carbocycles. The van der Waals surface area contributed by atoms with Crippen LogP contribution in [0.3, 0.4) is 0 Å². The number of nitrogens with one attached hydrogen (secondary N) is 1. The fraction of sp³-hybridized carbons (Fsp3) is 0.310. The Balaban J connectivity index is 1.27. The second kappa shape index (κ2) is 11.0. The van der Waals surface area contributed by atoms with Crippen LogP contribution in [-0.4, -0.2) is 52.1 Å². The quantitative estimate of drug-likeness (QED) is 0.347. The number of benzene rings is 2. The number of carbonyl (C=O) groups is 1. The second-order valence-electron chi connectivity index (χ2n) is 9.40. The van der Waals surface area contributed by atoms with E-state index in [0.717, 1.165) is 49.5 Å². The van der Waals surface area contributed by atoms with Crippen molar-refractivity contribution in [1.82, 2.24) is 20.0 Å². The number of rotatable bonds is 8. The number of thiophene rings is 1. The molecule has 35 heavy (non-hydrogen) atoms. The standard InChI is InChI=1S/C29H32N4OS/c1-32(29(34)27-13-8-18-35-27)26(19-22-9-4-2-5-10-22)23-14-16-33(17-15-23)21-25-20-30-31-28(25)24-11-6-3-7-12-24/h2-13,18,20,23,26H,14-17,19,21H2,1H3,(H,30,31)/t26-/m1/s1. The summed E-state index contributed by atoms with van der Waals surface area (Å²) in [5.74, 6) is 0.604. The third kappa shape index (κ3) is 5.55. The normalized spacial score (nSPS) is 15.7. The molecule has 1 aliphatic heterocycles. The van der Waals surface area contributed by atoms with Gasteiger partial charge in [0, 0.05) is 25.2 Å². The minimum Gasteiger partial charge on any atom is -0.337 e. The Morgan fingerprint density at radius 2 is 1.77 bits per heavy atom. The van der Waals surface area contributed by atoms with Crippen LogP contribution in [0.2, 0.25) is 0 Å². The average molecular weight is 485 g/mol. The highest BCUT2D eigenvalue weighted by atomic mass is 32.1. The van der Waals surface area contributed by atoms with E-state index in [1.165, 1.54) is 28.0 Å². The number of amides is 1. The number of likely N-dealkylation sites (N-methyl/N-ethyl adjacent to an activating group) is 1. The van der Waals surface area contributed by atoms with Crippen LogP contribution in [-0.2, 0) is 13.0 Å². The van der Waals surface area contributed by atoms with Crippen LogP contribution in [0, 0.1) is 5.92 Å². The monoisotopic (exact) mass is 484 g/mol. The van der Waals surface area contributed by atoms with Crippen molar-refractivity contribution in [2.24, 2.45) is 5.92 Å². The predicted octanol–water partition coefficient (Wildman–Crippen LogP) is 5.73. The molecule has 3 heterocycles. The Hall–Kier alpha value is -3.22. The molecule has 0 spiro atoms. The zero-order valence-electron chi connectivity index (χ0n) is 20.1. The van der Waals surface area contributed by atoms with Gasteiger partial charge < -0.3 is 4.90 Å². The van der Waals surface area contributed by atoms with Gasteiger partial charge in [0.05, 0.1) is 16.8 Å². The smallest absolute Gasteiger partial charge is 0.263 e. The summed E-state index contributed by atoms with van der Waals surface area (Å²) >= 11 is 1.52. The fourth-order valence-electron chi connectivity index (χ4n) is 5.22. The number of aromatic nitrogens is 2. The third-order valence-electron chi connectivity index (χ3n) is 7.19. The van der Waals surface area contributed by atoms with Crippen LogP contribution >= 0.6 is 11.3 Å². The van der Waals surface area contributed by atoms with Crippen LogP contribution in [0.25, 0.3) is 11.3 Å². The molecule has 0 bridgehead atoms. The highest BCUT2D eigenvalue weighted by Crippen LogP contribution is 2.30. The van der Waals surface area contributed by atoms with Crippen molar-refractivity contribution in [1.29, 1.82) is 0 Å². The van der Waals surface area contributed by atoms with Crippen LogP contribution in [0.5, 0.6) is 0 Å². The number of H-pyrrole nitrogens is 1. The summed E-state index contributed by atoms with van der Waals surface area (Å²) < 4.78 is 0. The number of carbonyl (C=O) groups excluding carboxylic acids is 1. The van der Waals surface area contributed by atoms with Crippen molar-refractivity contribution in [2.45, 2.75) is 31.8 Å². The lowest BCUT2D eigenvalue weighted by atomic mass is 9.84. The molecular weight excluding hydrogens is 452 g/mol. The van der Waals surface area contributed by atoms with E-state index < -0.39 is 0 Å². The number of aromatic amines is 1. The van der Waals surface area contributed by atoms with Gasteiger partial charge in [-0.15, -0.1) is 11.3 Å². The molecule has 0 saturated carbocycles. The SMILES string of the molecule is CN(C(=O)c1cccs1)[C@H](Cc1ccccc1)C1CCN(Cc2cn[nH]c2-c2ccccc2)CC1. The Morgan fingerprint density at radius 3 is 2.46 bits per heavy atom. The average Bonchev–Trinajstić information content (AvgIpc) is 3.61. The molecule has 0 unspecified atom stereocenters. The maximum atomic E-state index is 13.2. The third-order valence-corrected chi connectivity index (χ3v) is 8.05. The first-order valence-corrected chi connectivity index (χ1v) is 13.2. The van der Waals surface area contributed by atoms with Gasteiger partial charge in [-0.3, -0.25) is 14.8 Å². The number of hydrogen-bond acceptors (Lipinski definition) is 4. The van der Waals surface area contributed by atoms with Gasteiger partial charge in [-0.25, -0.2) is 0 Å². The van der Waals surface area contributed by atoms with Crippen molar-refractivity contribution in [3.63, 3.8) is 0 Å². The Bertz CT molecular complexity index is 1200. The number of likely N-dealkylation sites (tertiary alicyclic amines) is 1. The van der Waals surface area contributed by atoms with Gasteiger partial charge in [-0.2, -0.15) is 5.10 Å². The molecule has 0 radical (unpaired) electrons. The Kier molecular flexibility index (Phi) is 7.40. The van der Waals surface area contributed by atoms with E-state index in [0.29, 0.717) is 5.92 Å². The first kappa shape index (κ1) is 23.5. The van der Waals surface area contributed by atoms with E-state index in [-0.39, 0.29) is 11.9 Å². The predicted molar refractivity (Wildman–Crippen MR) is 142 cm³/mol. The van der Waals surface area contributed by atoms with Crippen LogP contribution in [0.1, 0.15) is 33.6 Å². The van der Waals surface area contributed by atoms with Gasteiger partial charge >= 0.3 is 0 Å². The molecule has 1 aliphatic rings. The number of hydrogen-bond donors (Lipinski definition) is 1. The molecule has 1 saturated heterocycles. The van der Waals surface area contributed by atoms with E-state index in [4.69, 9.17) is 0 Å². The van der Waals surface area contributed by atoms with E-state index in [2.05, 4.69) is 69.7 Å². The van der Waals surface area contributed by atoms with E-state index in [1.54, 1.807) is 0 Å². The molecule has 1 amide bonds. The van der Waals surface area contributed by atoms with Crippen molar-refractivity contribution in [2.75, 3.05) is 20.1 Å². The lowest BCUT2D eigenvalue weighted by molar-refractivity contribution is 0.0589. The summed E-state index contributed by atoms with van der Waals surface area (Å²) in [5.41, 5.74) is 4.81. The Morgan fingerprint density at radius 1 is 1.06 bits per heavy atom. The number of piperidine rings is 1. The van der Waals surface area contributed by atoms with Crippen molar-refractivity contribution < 1.29 is 4.79 Å². The minimum atomic E-state index is 0.134. The summed E-state index contributed by atoms with van der Waals surface area (Å²) in [7, 11) is 1.99. The topological polar surface area (TPSA) is 52.2 Å². The highest BCUT2D eigenvalue weighted by Gasteiger charge is 2.32. The molecule has 1 N–H and O–H groups in total. The van der Waals surface area contributed by atoms with Gasteiger partial charge in [-0.1, -0.05) is 66.7 Å². The summed E-state index contributed by atoms with van der Waals surface area (Å²) in [6.45, 7) is 2.94. The second-order valence-corrected chi connectivity index (χ2v) is 10.3. The maximum absolute atomic E-state index is 13.2. The lowest BCUT2D eigenvalue weighted by Crippen LogP contribution is -2.47. The molecule has 0 aliphatic carbocycles. The highest BCUT2D eigenvalue weighted by molar-refractivity contribution is 7.12. The van der Waals surface area contributed by atoms with Gasteiger partial charge in [0.15, 0.2) is 0 Å². The first-order chi connectivity index (χ1) is 17.2. The Labute approximate surface area is 211 Å². The summed E-state index contributed by atoms with van der Waals surface area (Å²) in [6.07, 6.45) is 5.01. The summed E-state index contributed by atoms with van der Waals surface area (Å²) in [4.78, 5) is 18.6. The zero-order valence-corrected chi connectivity index (χ0v) is 21.0. The maximum Gasteiger partial charge on any atom is 0.263 e. The largest absolute Gasteiger partial charge is 0.337 e. The molecule has 1 atom stereocenters. The molecule has 5 nitrogen and oxygen atoms in total. The van der Waals surface area contributed by atoms with E-state index in [9.17, 15) is 4.79 Å². The summed E-state index contributed by atoms with van der Waals surface area (Å²) in [5, 5.41) is 9.49. The van der Waals surface area contributed by atoms with Gasteiger partial charge in [0.2, 0.25) is 0 Å². The van der Waals surface area contributed by atoms with Crippen molar-refractivity contribution in [3.05, 3.63) is 100 Å². The van der Waals surface area contributed by atoms with Crippen molar-refractivity contribution >= 4 is 17.2 Å². The van der Waals surface area contributed by atoms with E-state index in [1.807, 2.05) is 41.7 Å². The summed E-state index contributed by atoms with van der Waals surface area (Å²) in [6, 6.07) is 25.1. The molecule has 5 rings (SSSR count). The van der Waals surface area contributed by atoms with Gasteiger partial charge in [-0.05, 0) is 60.8 Å². The van der Waals surface area contributed by atoms with E-state index >= 15 is 0 Å².